The lowest BCUT2D eigenvalue weighted by Crippen LogP contribution is -2.36. The lowest BCUT2D eigenvalue weighted by Gasteiger charge is -2.22. The third kappa shape index (κ3) is 7.08. The van der Waals surface area contributed by atoms with Crippen molar-refractivity contribution in [3.05, 3.63) is 29.6 Å². The molecule has 0 spiro atoms. The molecule has 0 aliphatic carbocycles. The molecule has 134 valence electrons. The molecule has 0 N–H and O–H groups in total. The maximum Gasteiger partial charge on any atom is 0.338 e. The van der Waals surface area contributed by atoms with Gasteiger partial charge in [-0.15, -0.1) is 0 Å². The van der Waals surface area contributed by atoms with Gasteiger partial charge in [0.2, 0.25) is 5.91 Å². The molecule has 1 heterocycles. The Hall–Kier alpha value is -1.95. The first-order valence-corrected chi connectivity index (χ1v) is 8.52. The average Bonchev–Trinajstić information content (AvgIpc) is 2.55. The summed E-state index contributed by atoms with van der Waals surface area (Å²) in [6.45, 7) is 6.47. The van der Waals surface area contributed by atoms with Crippen LogP contribution in [-0.2, 0) is 16.0 Å². The smallest absolute Gasteiger partial charge is 0.338 e. The molecule has 1 aromatic heterocycles. The maximum atomic E-state index is 12.3. The average molecular weight is 335 g/mol. The van der Waals surface area contributed by atoms with Gasteiger partial charge in [0.05, 0.1) is 12.2 Å². The van der Waals surface area contributed by atoms with Gasteiger partial charge in [0.15, 0.2) is 0 Å². The van der Waals surface area contributed by atoms with E-state index >= 15 is 0 Å². The summed E-state index contributed by atoms with van der Waals surface area (Å²) in [6, 6.07) is 3.39. The van der Waals surface area contributed by atoms with Gasteiger partial charge in [-0.05, 0) is 52.9 Å². The van der Waals surface area contributed by atoms with Crippen LogP contribution in [0.25, 0.3) is 0 Å². The molecule has 0 fully saturated rings. The van der Waals surface area contributed by atoms with Gasteiger partial charge < -0.3 is 14.5 Å². The van der Waals surface area contributed by atoms with E-state index in [4.69, 9.17) is 4.74 Å². The summed E-state index contributed by atoms with van der Waals surface area (Å²) >= 11 is 0. The van der Waals surface area contributed by atoms with Gasteiger partial charge in [0.25, 0.3) is 0 Å². The van der Waals surface area contributed by atoms with E-state index < -0.39 is 0 Å². The highest BCUT2D eigenvalue weighted by Gasteiger charge is 2.12. The molecule has 1 amide bonds. The van der Waals surface area contributed by atoms with E-state index in [1.54, 1.807) is 25.3 Å². The number of aromatic nitrogens is 1. The molecule has 6 nitrogen and oxygen atoms in total. The molecular weight excluding hydrogens is 306 g/mol. The molecule has 0 atom stereocenters. The standard InChI is InChI=1S/C18H29N3O3/c1-5-21(13-12-20(3)4)17(22)9-7-8-16-14-15(10-11-19-16)18(23)24-6-2/h10-11,14H,5-9,12-13H2,1-4H3. The van der Waals surface area contributed by atoms with E-state index in [0.717, 1.165) is 31.7 Å². The van der Waals surface area contributed by atoms with Crippen LogP contribution >= 0.6 is 0 Å². The van der Waals surface area contributed by atoms with Gasteiger partial charge in [-0.1, -0.05) is 0 Å². The molecule has 1 rings (SSSR count). The number of esters is 1. The summed E-state index contributed by atoms with van der Waals surface area (Å²) in [6.07, 6.45) is 3.49. The molecule has 0 bridgehead atoms. The maximum absolute atomic E-state index is 12.3. The quantitative estimate of drug-likeness (QED) is 0.612. The summed E-state index contributed by atoms with van der Waals surface area (Å²) in [5, 5.41) is 0. The molecule has 0 unspecified atom stereocenters. The summed E-state index contributed by atoms with van der Waals surface area (Å²) in [5.41, 5.74) is 1.32. The first-order chi connectivity index (χ1) is 11.5. The third-order valence-corrected chi connectivity index (χ3v) is 3.70. The number of amides is 1. The highest BCUT2D eigenvalue weighted by atomic mass is 16.5. The predicted octanol–water partition coefficient (Wildman–Crippen LogP) is 1.99. The second-order valence-corrected chi connectivity index (χ2v) is 5.89. The number of rotatable bonds is 10. The second kappa shape index (κ2) is 10.8. The zero-order valence-electron chi connectivity index (χ0n) is 15.2. The molecule has 0 saturated heterocycles. The van der Waals surface area contributed by atoms with Crippen molar-refractivity contribution in [1.82, 2.24) is 14.8 Å². The number of pyridine rings is 1. The summed E-state index contributed by atoms with van der Waals surface area (Å²) in [7, 11) is 4.00. The van der Waals surface area contributed by atoms with Crippen LogP contribution in [0.4, 0.5) is 0 Å². The number of hydrogen-bond donors (Lipinski definition) is 0. The minimum Gasteiger partial charge on any atom is -0.462 e. The Morgan fingerprint density at radius 2 is 1.96 bits per heavy atom. The Balaban J connectivity index is 2.47. The lowest BCUT2D eigenvalue weighted by molar-refractivity contribution is -0.131. The molecule has 0 radical (unpaired) electrons. The fourth-order valence-electron chi connectivity index (χ4n) is 2.32. The van der Waals surface area contributed by atoms with Gasteiger partial charge in [-0.2, -0.15) is 0 Å². The SMILES string of the molecule is CCOC(=O)c1ccnc(CCCC(=O)N(CC)CCN(C)C)c1. The van der Waals surface area contributed by atoms with E-state index in [1.807, 2.05) is 25.9 Å². The second-order valence-electron chi connectivity index (χ2n) is 5.89. The number of nitrogens with zero attached hydrogens (tertiary/aromatic N) is 3. The Morgan fingerprint density at radius 1 is 1.21 bits per heavy atom. The zero-order valence-corrected chi connectivity index (χ0v) is 15.2. The molecule has 0 aliphatic rings. The first kappa shape index (κ1) is 20.1. The van der Waals surface area contributed by atoms with Crippen LogP contribution in [0.3, 0.4) is 0 Å². The minimum absolute atomic E-state index is 0.167. The third-order valence-electron chi connectivity index (χ3n) is 3.70. The van der Waals surface area contributed by atoms with E-state index in [0.29, 0.717) is 25.0 Å². The number of ether oxygens (including phenoxy) is 1. The molecular formula is C18H29N3O3. The van der Waals surface area contributed by atoms with Crippen molar-refractivity contribution in [3.8, 4) is 0 Å². The van der Waals surface area contributed by atoms with Crippen LogP contribution in [-0.4, -0.2) is 67.0 Å². The number of aryl methyl sites for hydroxylation is 1. The van der Waals surface area contributed by atoms with Crippen molar-refractivity contribution in [2.24, 2.45) is 0 Å². The Morgan fingerprint density at radius 3 is 2.58 bits per heavy atom. The van der Waals surface area contributed by atoms with Crippen molar-refractivity contribution in [2.75, 3.05) is 40.3 Å². The molecule has 24 heavy (non-hydrogen) atoms. The number of carbonyl (C=O) groups is 2. The van der Waals surface area contributed by atoms with E-state index in [-0.39, 0.29) is 11.9 Å². The van der Waals surface area contributed by atoms with Crippen LogP contribution in [0.5, 0.6) is 0 Å². The number of hydrogen-bond acceptors (Lipinski definition) is 5. The van der Waals surface area contributed by atoms with Crippen molar-refractivity contribution in [3.63, 3.8) is 0 Å². The molecule has 0 saturated carbocycles. The summed E-state index contributed by atoms with van der Waals surface area (Å²) < 4.78 is 4.99. The normalized spacial score (nSPS) is 10.7. The Bertz CT molecular complexity index is 532. The van der Waals surface area contributed by atoms with Gasteiger partial charge in [-0.25, -0.2) is 4.79 Å². The van der Waals surface area contributed by atoms with Gasteiger partial charge in [-0.3, -0.25) is 9.78 Å². The van der Waals surface area contributed by atoms with Crippen LogP contribution in [0, 0.1) is 0 Å². The summed E-state index contributed by atoms with van der Waals surface area (Å²) in [5.74, 6) is -0.168. The van der Waals surface area contributed by atoms with Gasteiger partial charge >= 0.3 is 5.97 Å². The highest BCUT2D eigenvalue weighted by molar-refractivity contribution is 5.89. The van der Waals surface area contributed by atoms with Crippen molar-refractivity contribution >= 4 is 11.9 Å². The van der Waals surface area contributed by atoms with E-state index in [1.165, 1.54) is 0 Å². The molecule has 6 heteroatoms. The van der Waals surface area contributed by atoms with Crippen LogP contribution < -0.4 is 0 Å². The van der Waals surface area contributed by atoms with Crippen LogP contribution in [0.2, 0.25) is 0 Å². The lowest BCUT2D eigenvalue weighted by atomic mass is 10.1. The fraction of sp³-hybridized carbons (Fsp3) is 0.611. The van der Waals surface area contributed by atoms with Gasteiger partial charge in [0.1, 0.15) is 0 Å². The number of carbonyl (C=O) groups excluding carboxylic acids is 2. The Kier molecular flexibility index (Phi) is 9.01. The molecule has 0 aromatic carbocycles. The Labute approximate surface area is 144 Å². The van der Waals surface area contributed by atoms with Crippen molar-refractivity contribution < 1.29 is 14.3 Å². The van der Waals surface area contributed by atoms with Crippen LogP contribution in [0.15, 0.2) is 18.3 Å². The fourth-order valence-corrected chi connectivity index (χ4v) is 2.32. The topological polar surface area (TPSA) is 62.7 Å². The predicted molar refractivity (Wildman–Crippen MR) is 93.9 cm³/mol. The zero-order chi connectivity index (χ0) is 17.9. The monoisotopic (exact) mass is 335 g/mol. The molecule has 1 aromatic rings. The summed E-state index contributed by atoms with van der Waals surface area (Å²) in [4.78, 5) is 32.2. The van der Waals surface area contributed by atoms with E-state index in [2.05, 4.69) is 9.88 Å². The van der Waals surface area contributed by atoms with Crippen molar-refractivity contribution in [1.29, 1.82) is 0 Å². The largest absolute Gasteiger partial charge is 0.462 e. The van der Waals surface area contributed by atoms with Gasteiger partial charge in [0, 0.05) is 37.9 Å². The van der Waals surface area contributed by atoms with Crippen LogP contribution in [0.1, 0.15) is 42.7 Å². The van der Waals surface area contributed by atoms with Crippen molar-refractivity contribution in [2.45, 2.75) is 33.1 Å². The van der Waals surface area contributed by atoms with E-state index in [9.17, 15) is 9.59 Å². The minimum atomic E-state index is -0.335. The molecule has 0 aliphatic heterocycles. The number of likely N-dealkylation sites (N-methyl/N-ethyl adjacent to an activating group) is 2. The highest BCUT2D eigenvalue weighted by Crippen LogP contribution is 2.08. The first-order valence-electron chi connectivity index (χ1n) is 8.52.